The van der Waals surface area contributed by atoms with E-state index >= 15 is 0 Å². The molecule has 2 aromatic carbocycles. The molecule has 0 spiro atoms. The van der Waals surface area contributed by atoms with Crippen molar-refractivity contribution in [3.63, 3.8) is 0 Å². The molecule has 9 heteroatoms. The van der Waals surface area contributed by atoms with E-state index in [0.29, 0.717) is 31.7 Å². The summed E-state index contributed by atoms with van der Waals surface area (Å²) in [4.78, 5) is 4.72. The largest absolute Gasteiger partial charge is 0.497 e. The number of benzene rings is 2. The summed E-state index contributed by atoms with van der Waals surface area (Å²) in [5, 5.41) is 3.94. The summed E-state index contributed by atoms with van der Waals surface area (Å²) in [6.07, 6.45) is 1.33. The van der Waals surface area contributed by atoms with Crippen molar-refractivity contribution in [2.45, 2.75) is 24.7 Å². The van der Waals surface area contributed by atoms with Gasteiger partial charge in [0, 0.05) is 31.0 Å². The van der Waals surface area contributed by atoms with Crippen molar-refractivity contribution in [2.75, 3.05) is 25.5 Å². The van der Waals surface area contributed by atoms with Gasteiger partial charge in [0.05, 0.1) is 12.0 Å². The van der Waals surface area contributed by atoms with Crippen LogP contribution in [0.4, 0.5) is 5.13 Å². The Morgan fingerprint density at radius 3 is 2.55 bits per heavy atom. The normalized spacial score (nSPS) is 11.4. The van der Waals surface area contributed by atoms with E-state index in [1.54, 1.807) is 19.2 Å². The summed E-state index contributed by atoms with van der Waals surface area (Å²) in [6, 6.07) is 14.5. The average Bonchev–Trinajstić information content (AvgIpc) is 3.17. The Balaban J connectivity index is 1.42. The van der Waals surface area contributed by atoms with Crippen LogP contribution in [0.1, 0.15) is 23.4 Å². The van der Waals surface area contributed by atoms with Crippen LogP contribution in [0, 0.1) is 6.92 Å². The van der Waals surface area contributed by atoms with E-state index in [0.717, 1.165) is 11.0 Å². The maximum atomic E-state index is 12.3. The van der Waals surface area contributed by atoms with E-state index < -0.39 is 10.0 Å². The number of methoxy groups -OCH3 is 1. The first-order valence-corrected chi connectivity index (χ1v) is 11.5. The lowest BCUT2D eigenvalue weighted by Crippen LogP contribution is -2.26. The van der Waals surface area contributed by atoms with E-state index in [4.69, 9.17) is 4.74 Å². The molecule has 0 unspecified atom stereocenters. The van der Waals surface area contributed by atoms with Crippen molar-refractivity contribution < 1.29 is 13.2 Å². The Morgan fingerprint density at radius 1 is 1.07 bits per heavy atom. The predicted molar refractivity (Wildman–Crippen MR) is 115 cm³/mol. The number of hydrogen-bond donors (Lipinski definition) is 2. The zero-order valence-electron chi connectivity index (χ0n) is 16.4. The number of ether oxygens (including phenoxy) is 1. The highest BCUT2D eigenvalue weighted by Crippen LogP contribution is 2.17. The first-order valence-electron chi connectivity index (χ1n) is 9.22. The van der Waals surface area contributed by atoms with Crippen molar-refractivity contribution in [3.05, 3.63) is 65.5 Å². The number of nitrogens with zero attached hydrogens (tertiary/aromatic N) is 2. The maximum Gasteiger partial charge on any atom is 0.240 e. The standard InChI is InChI=1S/C20H24N4O3S2/c1-15-6-3-4-7-16(15)14-19-23-20(28-24-19)21-12-5-13-22-29(25,26)18-10-8-17(27-2)9-11-18/h3-4,6-11,22H,5,12-14H2,1-2H3,(H,21,23,24). The topological polar surface area (TPSA) is 93.2 Å². The summed E-state index contributed by atoms with van der Waals surface area (Å²) in [6.45, 7) is 3.01. The number of anilines is 1. The first-order chi connectivity index (χ1) is 14.0. The minimum Gasteiger partial charge on any atom is -0.497 e. The lowest BCUT2D eigenvalue weighted by atomic mass is 10.1. The average molecular weight is 433 g/mol. The van der Waals surface area contributed by atoms with Crippen LogP contribution in [0.5, 0.6) is 5.75 Å². The zero-order chi connectivity index (χ0) is 20.7. The quantitative estimate of drug-likeness (QED) is 0.478. The number of rotatable bonds is 10. The summed E-state index contributed by atoms with van der Waals surface area (Å²) < 4.78 is 36.6. The van der Waals surface area contributed by atoms with Crippen LogP contribution < -0.4 is 14.8 Å². The fourth-order valence-corrected chi connectivity index (χ4v) is 4.39. The van der Waals surface area contributed by atoms with Gasteiger partial charge in [-0.15, -0.1) is 0 Å². The molecule has 0 radical (unpaired) electrons. The van der Waals surface area contributed by atoms with E-state index in [2.05, 4.69) is 38.5 Å². The zero-order valence-corrected chi connectivity index (χ0v) is 18.0. The molecule has 3 aromatic rings. The van der Waals surface area contributed by atoms with Crippen LogP contribution >= 0.6 is 11.5 Å². The van der Waals surface area contributed by atoms with E-state index in [9.17, 15) is 8.42 Å². The molecule has 154 valence electrons. The van der Waals surface area contributed by atoms with Crippen molar-refractivity contribution >= 4 is 26.7 Å². The molecule has 0 bridgehead atoms. The van der Waals surface area contributed by atoms with Crippen molar-refractivity contribution in [1.29, 1.82) is 0 Å². The highest BCUT2D eigenvalue weighted by Gasteiger charge is 2.13. The molecule has 0 aliphatic heterocycles. The Morgan fingerprint density at radius 2 is 1.83 bits per heavy atom. The van der Waals surface area contributed by atoms with E-state index in [1.807, 2.05) is 12.1 Å². The number of nitrogens with one attached hydrogen (secondary N) is 2. The van der Waals surface area contributed by atoms with Crippen molar-refractivity contribution in [3.8, 4) is 5.75 Å². The second-order valence-corrected chi connectivity index (χ2v) is 8.99. The van der Waals surface area contributed by atoms with Crippen LogP contribution in [0.3, 0.4) is 0 Å². The van der Waals surface area contributed by atoms with Crippen LogP contribution in [-0.4, -0.2) is 38.0 Å². The van der Waals surface area contributed by atoms with Gasteiger partial charge in [-0.25, -0.2) is 18.1 Å². The molecule has 0 atom stereocenters. The van der Waals surface area contributed by atoms with Gasteiger partial charge in [0.25, 0.3) is 0 Å². The second-order valence-electron chi connectivity index (χ2n) is 6.47. The number of hydrogen-bond acceptors (Lipinski definition) is 7. The van der Waals surface area contributed by atoms with Gasteiger partial charge in [-0.2, -0.15) is 4.37 Å². The highest BCUT2D eigenvalue weighted by atomic mass is 32.2. The predicted octanol–water partition coefficient (Wildman–Crippen LogP) is 3.23. The molecule has 0 aliphatic carbocycles. The lowest BCUT2D eigenvalue weighted by molar-refractivity contribution is 0.414. The number of sulfonamides is 1. The third-order valence-electron chi connectivity index (χ3n) is 4.37. The molecule has 0 aliphatic rings. The van der Waals surface area contributed by atoms with Crippen LogP contribution in [0.25, 0.3) is 0 Å². The van der Waals surface area contributed by atoms with Gasteiger partial charge in [-0.3, -0.25) is 0 Å². The Kier molecular flexibility index (Phi) is 7.18. The van der Waals surface area contributed by atoms with E-state index in [1.165, 1.54) is 34.8 Å². The van der Waals surface area contributed by atoms with Gasteiger partial charge in [0.15, 0.2) is 0 Å². The molecule has 3 rings (SSSR count). The van der Waals surface area contributed by atoms with Crippen LogP contribution in [-0.2, 0) is 16.4 Å². The van der Waals surface area contributed by atoms with Gasteiger partial charge in [0.2, 0.25) is 15.2 Å². The second kappa shape index (κ2) is 9.82. The molecule has 1 aromatic heterocycles. The fraction of sp³-hybridized carbons (Fsp3) is 0.300. The Labute approximate surface area is 175 Å². The molecule has 2 N–H and O–H groups in total. The number of aromatic nitrogens is 2. The molecule has 29 heavy (non-hydrogen) atoms. The molecule has 7 nitrogen and oxygen atoms in total. The fourth-order valence-electron chi connectivity index (χ4n) is 2.70. The summed E-state index contributed by atoms with van der Waals surface area (Å²) >= 11 is 1.32. The van der Waals surface area contributed by atoms with Crippen molar-refractivity contribution in [2.24, 2.45) is 0 Å². The Bertz CT molecular complexity index is 1030. The third-order valence-corrected chi connectivity index (χ3v) is 6.56. The third kappa shape index (κ3) is 5.99. The molecule has 0 saturated carbocycles. The van der Waals surface area contributed by atoms with E-state index in [-0.39, 0.29) is 4.90 Å². The molecular weight excluding hydrogens is 408 g/mol. The molecule has 1 heterocycles. The molecule has 0 saturated heterocycles. The summed E-state index contributed by atoms with van der Waals surface area (Å²) in [5.74, 6) is 1.40. The lowest BCUT2D eigenvalue weighted by Gasteiger charge is -2.08. The van der Waals surface area contributed by atoms with Gasteiger partial charge in [-0.05, 0) is 48.7 Å². The van der Waals surface area contributed by atoms with Crippen molar-refractivity contribution in [1.82, 2.24) is 14.1 Å². The first kappa shape index (κ1) is 21.2. The van der Waals surface area contributed by atoms with Gasteiger partial charge >= 0.3 is 0 Å². The smallest absolute Gasteiger partial charge is 0.240 e. The van der Waals surface area contributed by atoms with Crippen LogP contribution in [0.15, 0.2) is 53.4 Å². The van der Waals surface area contributed by atoms with Gasteiger partial charge < -0.3 is 10.1 Å². The van der Waals surface area contributed by atoms with Gasteiger partial charge in [0.1, 0.15) is 11.6 Å². The molecular formula is C20H24N4O3S2. The summed E-state index contributed by atoms with van der Waals surface area (Å²) in [5.41, 5.74) is 2.44. The molecule has 0 amide bonds. The SMILES string of the molecule is COc1ccc(S(=O)(=O)NCCCNc2nc(Cc3ccccc3C)ns2)cc1. The minimum absolute atomic E-state index is 0.219. The minimum atomic E-state index is -3.52. The highest BCUT2D eigenvalue weighted by molar-refractivity contribution is 7.89. The maximum absolute atomic E-state index is 12.3. The Hall–Kier alpha value is -2.49. The number of aryl methyl sites for hydroxylation is 1. The monoisotopic (exact) mass is 432 g/mol. The van der Waals surface area contributed by atoms with Gasteiger partial charge in [-0.1, -0.05) is 24.3 Å². The van der Waals surface area contributed by atoms with Crippen LogP contribution in [0.2, 0.25) is 0 Å². The molecule has 0 fully saturated rings. The summed E-state index contributed by atoms with van der Waals surface area (Å²) in [7, 11) is -1.98.